The molecular weight excluding hydrogens is 328 g/mol. The average Bonchev–Trinajstić information content (AvgIpc) is 2.32. The van der Waals surface area contributed by atoms with Crippen LogP contribution < -0.4 is 15.8 Å². The molecule has 112 valence electrons. The third kappa shape index (κ3) is 4.34. The fraction of sp³-hybridized carbons (Fsp3) is 0.0769. The Morgan fingerprint density at radius 2 is 1.67 bits per heavy atom. The van der Waals surface area contributed by atoms with Crippen LogP contribution in [0.1, 0.15) is 0 Å². The molecule has 3 nitrogen and oxygen atoms in total. The lowest BCUT2D eigenvalue weighted by Crippen LogP contribution is -2.17. The molecule has 0 aromatic heterocycles. The van der Waals surface area contributed by atoms with Crippen LogP contribution in [0.2, 0.25) is 10.0 Å². The molecule has 0 aliphatic rings. The SMILES string of the molecule is Nc1cc(Cl)c(Nc2cccc(OC(F)(F)F)c2)c(Cl)c1. The Kier molecular flexibility index (Phi) is 4.39. The van der Waals surface area contributed by atoms with Crippen LogP contribution in [0.3, 0.4) is 0 Å². The van der Waals surface area contributed by atoms with E-state index in [1.165, 1.54) is 30.3 Å². The first-order chi connectivity index (χ1) is 9.74. The predicted octanol–water partition coefficient (Wildman–Crippen LogP) is 5.22. The molecule has 0 atom stereocenters. The molecule has 0 heterocycles. The minimum Gasteiger partial charge on any atom is -0.406 e. The number of rotatable bonds is 3. The predicted molar refractivity (Wildman–Crippen MR) is 77.3 cm³/mol. The molecule has 0 fully saturated rings. The van der Waals surface area contributed by atoms with Gasteiger partial charge in [-0.25, -0.2) is 0 Å². The Balaban J connectivity index is 2.27. The van der Waals surface area contributed by atoms with E-state index in [9.17, 15) is 13.2 Å². The maximum absolute atomic E-state index is 12.2. The monoisotopic (exact) mass is 336 g/mol. The molecule has 2 rings (SSSR count). The summed E-state index contributed by atoms with van der Waals surface area (Å²) in [4.78, 5) is 0. The third-order valence-corrected chi connectivity index (χ3v) is 3.00. The Morgan fingerprint density at radius 1 is 1.05 bits per heavy atom. The number of hydrogen-bond acceptors (Lipinski definition) is 3. The number of nitrogens with two attached hydrogens (primary N) is 1. The van der Waals surface area contributed by atoms with Gasteiger partial charge in [0.15, 0.2) is 0 Å². The van der Waals surface area contributed by atoms with Crippen LogP contribution in [0, 0.1) is 0 Å². The van der Waals surface area contributed by atoms with E-state index in [4.69, 9.17) is 28.9 Å². The van der Waals surface area contributed by atoms with Crippen LogP contribution >= 0.6 is 23.2 Å². The van der Waals surface area contributed by atoms with E-state index in [2.05, 4.69) is 10.1 Å². The van der Waals surface area contributed by atoms with Crippen molar-refractivity contribution in [1.29, 1.82) is 0 Å². The normalized spacial score (nSPS) is 11.3. The van der Waals surface area contributed by atoms with E-state index in [0.717, 1.165) is 0 Å². The fourth-order valence-electron chi connectivity index (χ4n) is 1.63. The minimum absolute atomic E-state index is 0.252. The van der Waals surface area contributed by atoms with Gasteiger partial charge in [0, 0.05) is 17.4 Å². The van der Waals surface area contributed by atoms with Gasteiger partial charge >= 0.3 is 6.36 Å². The van der Waals surface area contributed by atoms with Crippen molar-refractivity contribution in [2.75, 3.05) is 11.1 Å². The van der Waals surface area contributed by atoms with Gasteiger partial charge in [0.05, 0.1) is 15.7 Å². The van der Waals surface area contributed by atoms with Crippen molar-refractivity contribution < 1.29 is 17.9 Å². The summed E-state index contributed by atoms with van der Waals surface area (Å²) in [6.45, 7) is 0. The summed E-state index contributed by atoms with van der Waals surface area (Å²) < 4.78 is 40.4. The lowest BCUT2D eigenvalue weighted by atomic mass is 10.2. The summed E-state index contributed by atoms with van der Waals surface area (Å²) in [5.74, 6) is -0.352. The van der Waals surface area contributed by atoms with Crippen molar-refractivity contribution in [2.24, 2.45) is 0 Å². The van der Waals surface area contributed by atoms with Crippen molar-refractivity contribution in [3.63, 3.8) is 0 Å². The number of ether oxygens (including phenoxy) is 1. The second-order valence-corrected chi connectivity index (χ2v) is 4.87. The summed E-state index contributed by atoms with van der Waals surface area (Å²) >= 11 is 12.0. The molecule has 0 bridgehead atoms. The van der Waals surface area contributed by atoms with Crippen LogP contribution in [0.25, 0.3) is 0 Å². The number of nitrogens with one attached hydrogen (secondary N) is 1. The molecule has 0 saturated carbocycles. The fourth-order valence-corrected chi connectivity index (χ4v) is 2.23. The number of nitrogen functional groups attached to an aromatic ring is 1. The highest BCUT2D eigenvalue weighted by atomic mass is 35.5. The summed E-state index contributed by atoms with van der Waals surface area (Å²) in [5.41, 5.74) is 6.64. The highest BCUT2D eigenvalue weighted by Gasteiger charge is 2.31. The molecule has 0 amide bonds. The molecule has 0 unspecified atom stereocenters. The Morgan fingerprint density at radius 3 is 2.24 bits per heavy atom. The standard InChI is InChI=1S/C13H9Cl2F3N2O/c14-10-4-7(19)5-11(15)12(10)20-8-2-1-3-9(6-8)21-13(16,17)18/h1-6,20H,19H2. The largest absolute Gasteiger partial charge is 0.573 e. The lowest BCUT2D eigenvalue weighted by molar-refractivity contribution is -0.274. The van der Waals surface area contributed by atoms with Crippen molar-refractivity contribution in [3.8, 4) is 5.75 Å². The highest BCUT2D eigenvalue weighted by Crippen LogP contribution is 2.36. The van der Waals surface area contributed by atoms with Gasteiger partial charge in [-0.05, 0) is 24.3 Å². The van der Waals surface area contributed by atoms with Gasteiger partial charge in [-0.15, -0.1) is 13.2 Å². The zero-order chi connectivity index (χ0) is 15.6. The molecular formula is C13H9Cl2F3N2O. The van der Waals surface area contributed by atoms with Crippen molar-refractivity contribution in [3.05, 3.63) is 46.4 Å². The Hall–Kier alpha value is -1.79. The van der Waals surface area contributed by atoms with E-state index in [-0.39, 0.29) is 15.8 Å². The van der Waals surface area contributed by atoms with E-state index in [1.807, 2.05) is 0 Å². The second-order valence-electron chi connectivity index (χ2n) is 4.06. The van der Waals surface area contributed by atoms with Crippen LogP contribution in [0.15, 0.2) is 36.4 Å². The quantitative estimate of drug-likeness (QED) is 0.755. The summed E-state index contributed by atoms with van der Waals surface area (Å²) in [5, 5.41) is 3.33. The van der Waals surface area contributed by atoms with Gasteiger partial charge in [0.25, 0.3) is 0 Å². The van der Waals surface area contributed by atoms with Crippen molar-refractivity contribution >= 4 is 40.3 Å². The lowest BCUT2D eigenvalue weighted by Gasteiger charge is -2.13. The number of anilines is 3. The van der Waals surface area contributed by atoms with Crippen LogP contribution in [-0.2, 0) is 0 Å². The van der Waals surface area contributed by atoms with Gasteiger partial charge in [-0.3, -0.25) is 0 Å². The Bertz CT molecular complexity index is 639. The molecule has 0 saturated heterocycles. The molecule has 21 heavy (non-hydrogen) atoms. The van der Waals surface area contributed by atoms with Gasteiger partial charge in [-0.2, -0.15) is 0 Å². The van der Waals surface area contributed by atoms with Gasteiger partial charge in [-0.1, -0.05) is 29.3 Å². The molecule has 0 aliphatic carbocycles. The molecule has 0 radical (unpaired) electrons. The molecule has 2 aromatic carbocycles. The topological polar surface area (TPSA) is 47.3 Å². The zero-order valence-corrected chi connectivity index (χ0v) is 11.9. The summed E-state index contributed by atoms with van der Waals surface area (Å²) in [7, 11) is 0. The van der Waals surface area contributed by atoms with E-state index in [0.29, 0.717) is 17.1 Å². The summed E-state index contributed by atoms with van der Waals surface area (Å²) in [6.07, 6.45) is -4.75. The molecule has 8 heteroatoms. The molecule has 2 aromatic rings. The smallest absolute Gasteiger partial charge is 0.406 e. The molecule has 0 spiro atoms. The summed E-state index contributed by atoms with van der Waals surface area (Å²) in [6, 6.07) is 8.27. The number of alkyl halides is 3. The highest BCUT2D eigenvalue weighted by molar-refractivity contribution is 6.39. The third-order valence-electron chi connectivity index (χ3n) is 2.40. The maximum atomic E-state index is 12.2. The van der Waals surface area contributed by atoms with Gasteiger partial charge < -0.3 is 15.8 Å². The van der Waals surface area contributed by atoms with Gasteiger partial charge in [0.1, 0.15) is 5.75 Å². The first kappa shape index (κ1) is 15.6. The number of hydrogen-bond donors (Lipinski definition) is 2. The second kappa shape index (κ2) is 5.91. The Labute approximate surface area is 128 Å². The first-order valence-electron chi connectivity index (χ1n) is 5.62. The van der Waals surface area contributed by atoms with E-state index in [1.54, 1.807) is 6.07 Å². The molecule has 0 aliphatic heterocycles. The van der Waals surface area contributed by atoms with E-state index < -0.39 is 6.36 Å². The van der Waals surface area contributed by atoms with Crippen molar-refractivity contribution in [2.45, 2.75) is 6.36 Å². The molecule has 3 N–H and O–H groups in total. The first-order valence-corrected chi connectivity index (χ1v) is 6.37. The van der Waals surface area contributed by atoms with Crippen LogP contribution in [0.4, 0.5) is 30.2 Å². The maximum Gasteiger partial charge on any atom is 0.573 e. The average molecular weight is 337 g/mol. The number of benzene rings is 2. The van der Waals surface area contributed by atoms with Crippen LogP contribution in [-0.4, -0.2) is 6.36 Å². The zero-order valence-electron chi connectivity index (χ0n) is 10.3. The minimum atomic E-state index is -4.75. The number of halogens is 5. The van der Waals surface area contributed by atoms with Crippen LogP contribution in [0.5, 0.6) is 5.75 Å². The van der Waals surface area contributed by atoms with Crippen molar-refractivity contribution in [1.82, 2.24) is 0 Å². The van der Waals surface area contributed by atoms with Gasteiger partial charge in [0.2, 0.25) is 0 Å². The van der Waals surface area contributed by atoms with E-state index >= 15 is 0 Å².